The summed E-state index contributed by atoms with van der Waals surface area (Å²) in [5.41, 5.74) is 2.11. The second-order valence-corrected chi connectivity index (χ2v) is 5.28. The highest BCUT2D eigenvalue weighted by molar-refractivity contribution is 5.69. The van der Waals surface area contributed by atoms with Gasteiger partial charge >= 0.3 is 6.09 Å². The Morgan fingerprint density at radius 1 is 1.23 bits per heavy atom. The zero-order valence-corrected chi connectivity index (χ0v) is 12.4. The molecule has 0 bridgehead atoms. The van der Waals surface area contributed by atoms with E-state index in [1.54, 1.807) is 18.2 Å². The lowest BCUT2D eigenvalue weighted by Crippen LogP contribution is -2.48. The quantitative estimate of drug-likeness (QED) is 0.871. The van der Waals surface area contributed by atoms with Crippen molar-refractivity contribution in [1.82, 2.24) is 9.88 Å². The summed E-state index contributed by atoms with van der Waals surface area (Å²) >= 11 is 0. The highest BCUT2D eigenvalue weighted by Crippen LogP contribution is 2.27. The van der Waals surface area contributed by atoms with Crippen molar-refractivity contribution in [3.05, 3.63) is 59.8 Å². The molecule has 2 aromatic rings. The first kappa shape index (κ1) is 14.4. The molecule has 114 valence electrons. The lowest BCUT2D eigenvalue weighted by atomic mass is 9.93. The highest BCUT2D eigenvalue weighted by atomic mass is 16.6. The summed E-state index contributed by atoms with van der Waals surface area (Å²) < 4.78 is 10.3. The molecule has 5 heteroatoms. The van der Waals surface area contributed by atoms with Gasteiger partial charge in [0, 0.05) is 31.3 Å². The molecular weight excluding hydrogens is 280 g/mol. The van der Waals surface area contributed by atoms with Gasteiger partial charge in [-0.1, -0.05) is 36.4 Å². The summed E-state index contributed by atoms with van der Waals surface area (Å²) in [5.74, 6) is 0.921. The first-order valence-electron chi connectivity index (χ1n) is 7.22. The average Bonchev–Trinajstić information content (AvgIpc) is 2.53. The fourth-order valence-corrected chi connectivity index (χ4v) is 2.40. The molecule has 1 aliphatic rings. The summed E-state index contributed by atoms with van der Waals surface area (Å²) in [7, 11) is 1.59. The fraction of sp³-hybridized carbons (Fsp3) is 0.294. The molecule has 0 N–H and O–H groups in total. The van der Waals surface area contributed by atoms with Gasteiger partial charge in [-0.05, 0) is 11.1 Å². The smallest absolute Gasteiger partial charge is 0.410 e. The molecule has 1 aromatic heterocycles. The van der Waals surface area contributed by atoms with Crippen LogP contribution in [0.25, 0.3) is 0 Å². The van der Waals surface area contributed by atoms with E-state index in [-0.39, 0.29) is 6.09 Å². The van der Waals surface area contributed by atoms with E-state index < -0.39 is 0 Å². The zero-order chi connectivity index (χ0) is 15.4. The van der Waals surface area contributed by atoms with Crippen molar-refractivity contribution < 1.29 is 14.3 Å². The molecule has 22 heavy (non-hydrogen) atoms. The van der Waals surface area contributed by atoms with Crippen molar-refractivity contribution in [3.8, 4) is 5.88 Å². The van der Waals surface area contributed by atoms with Gasteiger partial charge in [-0.15, -0.1) is 0 Å². The number of carbonyl (C=O) groups excluding carboxylic acids is 1. The molecule has 2 heterocycles. The van der Waals surface area contributed by atoms with E-state index in [9.17, 15) is 4.79 Å². The molecule has 1 aromatic carbocycles. The van der Waals surface area contributed by atoms with Crippen LogP contribution in [-0.4, -0.2) is 36.2 Å². The molecule has 1 fully saturated rings. The number of ether oxygens (including phenoxy) is 2. The number of methoxy groups -OCH3 is 1. The van der Waals surface area contributed by atoms with Gasteiger partial charge in [0.2, 0.25) is 5.88 Å². The molecule has 1 amide bonds. The molecule has 1 aliphatic heterocycles. The summed E-state index contributed by atoms with van der Waals surface area (Å²) in [6.07, 6.45) is 1.54. The molecule has 0 radical (unpaired) electrons. The highest BCUT2D eigenvalue weighted by Gasteiger charge is 2.32. The van der Waals surface area contributed by atoms with Gasteiger partial charge in [-0.2, -0.15) is 0 Å². The standard InChI is InChI=1S/C17H18N2O3/c1-21-16-8-7-14(9-18-16)15-10-19(11-15)17(20)22-12-13-5-3-2-4-6-13/h2-9,15H,10-12H2,1H3. The van der Waals surface area contributed by atoms with Gasteiger partial charge in [-0.25, -0.2) is 9.78 Å². The molecular formula is C17H18N2O3. The number of carbonyl (C=O) groups is 1. The molecule has 0 unspecified atom stereocenters. The van der Waals surface area contributed by atoms with Crippen molar-refractivity contribution in [1.29, 1.82) is 0 Å². The van der Waals surface area contributed by atoms with E-state index in [4.69, 9.17) is 9.47 Å². The van der Waals surface area contributed by atoms with Crippen LogP contribution in [-0.2, 0) is 11.3 Å². The fourth-order valence-electron chi connectivity index (χ4n) is 2.40. The van der Waals surface area contributed by atoms with Gasteiger partial charge in [0.15, 0.2) is 0 Å². The number of likely N-dealkylation sites (tertiary alicyclic amines) is 1. The minimum Gasteiger partial charge on any atom is -0.481 e. The minimum atomic E-state index is -0.262. The number of benzene rings is 1. The number of aromatic nitrogens is 1. The van der Waals surface area contributed by atoms with Crippen molar-refractivity contribution in [2.75, 3.05) is 20.2 Å². The van der Waals surface area contributed by atoms with Gasteiger partial charge in [0.1, 0.15) is 6.61 Å². The van der Waals surface area contributed by atoms with Gasteiger partial charge in [-0.3, -0.25) is 0 Å². The number of hydrogen-bond donors (Lipinski definition) is 0. The molecule has 0 saturated carbocycles. The molecule has 0 atom stereocenters. The van der Waals surface area contributed by atoms with Crippen LogP contribution in [0.4, 0.5) is 4.79 Å². The minimum absolute atomic E-state index is 0.262. The Balaban J connectivity index is 1.47. The van der Waals surface area contributed by atoms with Crippen LogP contribution in [0.1, 0.15) is 17.0 Å². The van der Waals surface area contributed by atoms with E-state index in [0.717, 1.165) is 11.1 Å². The van der Waals surface area contributed by atoms with E-state index >= 15 is 0 Å². The molecule has 1 saturated heterocycles. The molecule has 0 aliphatic carbocycles. The van der Waals surface area contributed by atoms with Gasteiger partial charge < -0.3 is 14.4 Å². The average molecular weight is 298 g/mol. The van der Waals surface area contributed by atoms with Crippen LogP contribution in [0.5, 0.6) is 5.88 Å². The Morgan fingerprint density at radius 2 is 2.00 bits per heavy atom. The van der Waals surface area contributed by atoms with Crippen LogP contribution < -0.4 is 4.74 Å². The Kier molecular flexibility index (Phi) is 4.23. The largest absolute Gasteiger partial charge is 0.481 e. The third kappa shape index (κ3) is 3.19. The van der Waals surface area contributed by atoms with E-state index in [1.165, 1.54) is 0 Å². The molecule has 3 rings (SSSR count). The predicted molar refractivity (Wildman–Crippen MR) is 81.7 cm³/mol. The van der Waals surface area contributed by atoms with Gasteiger partial charge in [0.25, 0.3) is 0 Å². The van der Waals surface area contributed by atoms with E-state index in [1.807, 2.05) is 42.5 Å². The topological polar surface area (TPSA) is 51.7 Å². The Hall–Kier alpha value is -2.56. The van der Waals surface area contributed by atoms with Crippen LogP contribution in [0, 0.1) is 0 Å². The summed E-state index contributed by atoms with van der Waals surface area (Å²) in [4.78, 5) is 17.8. The third-order valence-corrected chi connectivity index (χ3v) is 3.78. The number of nitrogens with zero attached hydrogens (tertiary/aromatic N) is 2. The predicted octanol–water partition coefficient (Wildman–Crippen LogP) is 2.83. The van der Waals surface area contributed by atoms with Crippen molar-refractivity contribution in [2.24, 2.45) is 0 Å². The third-order valence-electron chi connectivity index (χ3n) is 3.78. The number of hydrogen-bond acceptors (Lipinski definition) is 4. The summed E-state index contributed by atoms with van der Waals surface area (Å²) in [6.45, 7) is 1.65. The summed E-state index contributed by atoms with van der Waals surface area (Å²) in [6, 6.07) is 13.5. The first-order chi connectivity index (χ1) is 10.8. The molecule has 0 spiro atoms. The van der Waals surface area contributed by atoms with E-state index in [2.05, 4.69) is 4.98 Å². The monoisotopic (exact) mass is 298 g/mol. The number of pyridine rings is 1. The Labute approximate surface area is 129 Å². The zero-order valence-electron chi connectivity index (χ0n) is 12.4. The van der Waals surface area contributed by atoms with Crippen molar-refractivity contribution >= 4 is 6.09 Å². The lowest BCUT2D eigenvalue weighted by Gasteiger charge is -2.38. The Morgan fingerprint density at radius 3 is 2.64 bits per heavy atom. The van der Waals surface area contributed by atoms with E-state index in [0.29, 0.717) is 31.5 Å². The second kappa shape index (κ2) is 6.47. The SMILES string of the molecule is COc1ccc(C2CN(C(=O)OCc3ccccc3)C2)cn1. The van der Waals surface area contributed by atoms with Crippen molar-refractivity contribution in [2.45, 2.75) is 12.5 Å². The summed E-state index contributed by atoms with van der Waals surface area (Å²) in [5, 5.41) is 0. The molecule has 5 nitrogen and oxygen atoms in total. The first-order valence-corrected chi connectivity index (χ1v) is 7.22. The maximum Gasteiger partial charge on any atom is 0.410 e. The lowest BCUT2D eigenvalue weighted by molar-refractivity contribution is 0.0663. The van der Waals surface area contributed by atoms with Gasteiger partial charge in [0.05, 0.1) is 7.11 Å². The van der Waals surface area contributed by atoms with Crippen LogP contribution in [0.2, 0.25) is 0 Å². The van der Waals surface area contributed by atoms with Crippen LogP contribution >= 0.6 is 0 Å². The van der Waals surface area contributed by atoms with Crippen molar-refractivity contribution in [3.63, 3.8) is 0 Å². The van der Waals surface area contributed by atoms with Crippen LogP contribution in [0.3, 0.4) is 0 Å². The van der Waals surface area contributed by atoms with Crippen LogP contribution in [0.15, 0.2) is 48.7 Å². The normalized spacial score (nSPS) is 14.3. The maximum absolute atomic E-state index is 11.9. The Bertz CT molecular complexity index is 622. The maximum atomic E-state index is 11.9. The number of rotatable bonds is 4. The second-order valence-electron chi connectivity index (χ2n) is 5.28. The number of amides is 1.